The van der Waals surface area contributed by atoms with E-state index in [2.05, 4.69) is 32.9 Å². The van der Waals surface area contributed by atoms with E-state index in [4.69, 9.17) is 5.11 Å². The Morgan fingerprint density at radius 2 is 1.73 bits per heavy atom. The summed E-state index contributed by atoms with van der Waals surface area (Å²) in [6.45, 7) is 8.18. The molecule has 1 unspecified atom stereocenters. The van der Waals surface area contributed by atoms with Crippen LogP contribution in [0.15, 0.2) is 24.3 Å². The first-order chi connectivity index (χ1) is 7.00. The monoisotopic (exact) mass is 204 g/mol. The fourth-order valence-electron chi connectivity index (χ4n) is 1.91. The smallest absolute Gasteiger partial charge is 0.0692 e. The van der Waals surface area contributed by atoms with Crippen LogP contribution in [0.2, 0.25) is 0 Å². The Kier molecular flexibility index (Phi) is 4.10. The van der Waals surface area contributed by atoms with Gasteiger partial charge < -0.3 is 5.11 Å². The standard InChI is InChI=1S/C14H20O/c1-10-8-11(2)14(12(3)9-10)7-5-6-13(4)15/h5-6,8-9,13,15H,7H2,1-4H3/b6-5+. The van der Waals surface area contributed by atoms with Crippen molar-refractivity contribution in [1.29, 1.82) is 0 Å². The van der Waals surface area contributed by atoms with Crippen molar-refractivity contribution in [3.05, 3.63) is 46.5 Å². The van der Waals surface area contributed by atoms with E-state index >= 15 is 0 Å². The van der Waals surface area contributed by atoms with E-state index in [-0.39, 0.29) is 6.10 Å². The lowest BCUT2D eigenvalue weighted by atomic mass is 9.97. The Balaban J connectivity index is 2.86. The summed E-state index contributed by atoms with van der Waals surface area (Å²) < 4.78 is 0. The number of aliphatic hydroxyl groups is 1. The third-order valence-corrected chi connectivity index (χ3v) is 2.58. The number of hydrogen-bond donors (Lipinski definition) is 1. The lowest BCUT2D eigenvalue weighted by molar-refractivity contribution is 0.244. The molecule has 1 nitrogen and oxygen atoms in total. The van der Waals surface area contributed by atoms with E-state index in [1.165, 1.54) is 22.3 Å². The van der Waals surface area contributed by atoms with Crippen LogP contribution in [0.1, 0.15) is 29.2 Å². The van der Waals surface area contributed by atoms with Crippen molar-refractivity contribution in [2.24, 2.45) is 0 Å². The first-order valence-corrected chi connectivity index (χ1v) is 5.42. The molecule has 0 aromatic heterocycles. The largest absolute Gasteiger partial charge is 0.389 e. The van der Waals surface area contributed by atoms with Crippen molar-refractivity contribution in [3.63, 3.8) is 0 Å². The SMILES string of the molecule is Cc1cc(C)c(C/C=C/C(C)O)c(C)c1. The van der Waals surface area contributed by atoms with Gasteiger partial charge in [-0.3, -0.25) is 0 Å². The summed E-state index contributed by atoms with van der Waals surface area (Å²) in [4.78, 5) is 0. The van der Waals surface area contributed by atoms with Crippen molar-refractivity contribution in [1.82, 2.24) is 0 Å². The Morgan fingerprint density at radius 1 is 1.20 bits per heavy atom. The van der Waals surface area contributed by atoms with E-state index in [9.17, 15) is 0 Å². The van der Waals surface area contributed by atoms with Crippen LogP contribution in [-0.4, -0.2) is 11.2 Å². The molecular formula is C14H20O. The second kappa shape index (κ2) is 5.13. The normalized spacial score (nSPS) is 13.4. The summed E-state index contributed by atoms with van der Waals surface area (Å²) in [5, 5.41) is 9.13. The molecule has 1 aromatic carbocycles. The maximum atomic E-state index is 9.13. The van der Waals surface area contributed by atoms with Gasteiger partial charge in [-0.15, -0.1) is 0 Å². The predicted molar refractivity (Wildman–Crippen MR) is 65.2 cm³/mol. The van der Waals surface area contributed by atoms with Crippen LogP contribution in [0.25, 0.3) is 0 Å². The molecule has 1 heteroatoms. The molecule has 1 rings (SSSR count). The van der Waals surface area contributed by atoms with E-state index in [1.807, 2.05) is 12.2 Å². The minimum absolute atomic E-state index is 0.351. The van der Waals surface area contributed by atoms with Crippen molar-refractivity contribution in [3.8, 4) is 0 Å². The summed E-state index contributed by atoms with van der Waals surface area (Å²) in [5.74, 6) is 0. The van der Waals surface area contributed by atoms with E-state index < -0.39 is 0 Å². The van der Waals surface area contributed by atoms with Crippen LogP contribution < -0.4 is 0 Å². The van der Waals surface area contributed by atoms with Gasteiger partial charge >= 0.3 is 0 Å². The van der Waals surface area contributed by atoms with E-state index in [1.54, 1.807) is 6.92 Å². The average molecular weight is 204 g/mol. The lowest BCUT2D eigenvalue weighted by Gasteiger charge is -2.09. The molecule has 0 saturated carbocycles. The number of hydrogen-bond acceptors (Lipinski definition) is 1. The van der Waals surface area contributed by atoms with Gasteiger partial charge in [0, 0.05) is 0 Å². The van der Waals surface area contributed by atoms with Crippen LogP contribution in [0.3, 0.4) is 0 Å². The molecule has 1 aromatic rings. The summed E-state index contributed by atoms with van der Waals surface area (Å²) in [6.07, 6.45) is 4.42. The van der Waals surface area contributed by atoms with Gasteiger partial charge in [0.1, 0.15) is 0 Å². The van der Waals surface area contributed by atoms with Crippen molar-refractivity contribution in [2.75, 3.05) is 0 Å². The number of aryl methyl sites for hydroxylation is 3. The fourth-order valence-corrected chi connectivity index (χ4v) is 1.91. The molecule has 15 heavy (non-hydrogen) atoms. The molecule has 0 aliphatic rings. The van der Waals surface area contributed by atoms with Crippen LogP contribution >= 0.6 is 0 Å². The fraction of sp³-hybridized carbons (Fsp3) is 0.429. The van der Waals surface area contributed by atoms with Gasteiger partial charge in [-0.1, -0.05) is 29.8 Å². The number of allylic oxidation sites excluding steroid dienone is 1. The molecule has 0 bridgehead atoms. The van der Waals surface area contributed by atoms with Gasteiger partial charge in [0.15, 0.2) is 0 Å². The Bertz CT molecular complexity index is 339. The van der Waals surface area contributed by atoms with E-state index in [0.29, 0.717) is 0 Å². The lowest BCUT2D eigenvalue weighted by Crippen LogP contribution is -1.96. The Labute approximate surface area is 92.5 Å². The number of aliphatic hydroxyl groups excluding tert-OH is 1. The maximum absolute atomic E-state index is 9.13. The quantitative estimate of drug-likeness (QED) is 0.750. The number of benzene rings is 1. The zero-order valence-corrected chi connectivity index (χ0v) is 10.0. The van der Waals surface area contributed by atoms with Gasteiger partial charge in [0.25, 0.3) is 0 Å². The minimum Gasteiger partial charge on any atom is -0.389 e. The van der Waals surface area contributed by atoms with Gasteiger partial charge in [-0.25, -0.2) is 0 Å². The highest BCUT2D eigenvalue weighted by Gasteiger charge is 2.01. The maximum Gasteiger partial charge on any atom is 0.0692 e. The molecule has 0 aliphatic heterocycles. The second-order valence-corrected chi connectivity index (χ2v) is 4.25. The topological polar surface area (TPSA) is 20.2 Å². The van der Waals surface area contributed by atoms with E-state index in [0.717, 1.165) is 6.42 Å². The Hall–Kier alpha value is -1.08. The van der Waals surface area contributed by atoms with Gasteiger partial charge in [-0.2, -0.15) is 0 Å². The van der Waals surface area contributed by atoms with Crippen molar-refractivity contribution < 1.29 is 5.11 Å². The molecular weight excluding hydrogens is 184 g/mol. The van der Waals surface area contributed by atoms with Gasteiger partial charge in [-0.05, 0) is 50.8 Å². The number of rotatable bonds is 3. The molecule has 0 spiro atoms. The molecule has 82 valence electrons. The first-order valence-electron chi connectivity index (χ1n) is 5.42. The zero-order valence-electron chi connectivity index (χ0n) is 10.0. The van der Waals surface area contributed by atoms with Crippen LogP contribution in [0.5, 0.6) is 0 Å². The minimum atomic E-state index is -0.351. The highest BCUT2D eigenvalue weighted by Crippen LogP contribution is 2.17. The zero-order chi connectivity index (χ0) is 11.4. The van der Waals surface area contributed by atoms with Crippen LogP contribution in [-0.2, 0) is 6.42 Å². The van der Waals surface area contributed by atoms with Crippen molar-refractivity contribution >= 4 is 0 Å². The second-order valence-electron chi connectivity index (χ2n) is 4.25. The summed E-state index contributed by atoms with van der Waals surface area (Å²) in [7, 11) is 0. The third-order valence-electron chi connectivity index (χ3n) is 2.58. The van der Waals surface area contributed by atoms with Gasteiger partial charge in [0.05, 0.1) is 6.10 Å². The highest BCUT2D eigenvalue weighted by molar-refractivity contribution is 5.38. The third kappa shape index (κ3) is 3.52. The average Bonchev–Trinajstić information content (AvgIpc) is 2.08. The molecule has 0 heterocycles. The van der Waals surface area contributed by atoms with Gasteiger partial charge in [0.2, 0.25) is 0 Å². The summed E-state index contributed by atoms with van der Waals surface area (Å²) in [5.41, 5.74) is 5.36. The molecule has 0 fully saturated rings. The summed E-state index contributed by atoms with van der Waals surface area (Å²) in [6, 6.07) is 4.41. The van der Waals surface area contributed by atoms with Crippen LogP contribution in [0, 0.1) is 20.8 Å². The molecule has 0 saturated heterocycles. The molecule has 0 aliphatic carbocycles. The predicted octanol–water partition coefficient (Wildman–Crippen LogP) is 3.09. The molecule has 1 N–H and O–H groups in total. The summed E-state index contributed by atoms with van der Waals surface area (Å²) >= 11 is 0. The van der Waals surface area contributed by atoms with Crippen LogP contribution in [0.4, 0.5) is 0 Å². The van der Waals surface area contributed by atoms with Crippen molar-refractivity contribution in [2.45, 2.75) is 40.2 Å². The molecule has 0 radical (unpaired) electrons. The Morgan fingerprint density at radius 3 is 2.20 bits per heavy atom. The molecule has 0 amide bonds. The highest BCUT2D eigenvalue weighted by atomic mass is 16.3. The first kappa shape index (κ1) is 12.0. The molecule has 1 atom stereocenters.